The SMILES string of the molecule is CC(O)CNc1ccc(NCCO)cc1[N+](=O)[O-]. The smallest absolute Gasteiger partial charge is 0.294 e. The summed E-state index contributed by atoms with van der Waals surface area (Å²) in [5.41, 5.74) is 0.854. The Kier molecular flexibility index (Phi) is 5.34. The number of nitrogens with one attached hydrogen (secondary N) is 2. The van der Waals surface area contributed by atoms with Gasteiger partial charge >= 0.3 is 0 Å². The Morgan fingerprint density at radius 1 is 1.44 bits per heavy atom. The number of nitrogens with zero attached hydrogens (tertiary/aromatic N) is 1. The third-order valence-electron chi connectivity index (χ3n) is 2.22. The molecule has 0 amide bonds. The first-order chi connectivity index (χ1) is 8.54. The van der Waals surface area contributed by atoms with Crippen LogP contribution in [0.2, 0.25) is 0 Å². The number of nitro benzene ring substituents is 1. The van der Waals surface area contributed by atoms with Crippen molar-refractivity contribution in [1.82, 2.24) is 0 Å². The van der Waals surface area contributed by atoms with E-state index in [1.807, 2.05) is 0 Å². The number of hydrogen-bond acceptors (Lipinski definition) is 6. The second-order valence-corrected chi connectivity index (χ2v) is 3.87. The van der Waals surface area contributed by atoms with E-state index in [9.17, 15) is 10.1 Å². The van der Waals surface area contributed by atoms with Gasteiger partial charge in [0.15, 0.2) is 0 Å². The van der Waals surface area contributed by atoms with E-state index in [0.717, 1.165) is 0 Å². The molecule has 1 rings (SSSR count). The van der Waals surface area contributed by atoms with Gasteiger partial charge in [-0.25, -0.2) is 0 Å². The number of aliphatic hydroxyl groups is 2. The van der Waals surface area contributed by atoms with Crippen LogP contribution in [0.15, 0.2) is 18.2 Å². The lowest BCUT2D eigenvalue weighted by Crippen LogP contribution is -2.16. The van der Waals surface area contributed by atoms with E-state index in [2.05, 4.69) is 10.6 Å². The molecule has 0 saturated carbocycles. The summed E-state index contributed by atoms with van der Waals surface area (Å²) in [7, 11) is 0. The molecule has 0 radical (unpaired) electrons. The molecule has 1 unspecified atom stereocenters. The van der Waals surface area contributed by atoms with E-state index in [-0.39, 0.29) is 18.8 Å². The molecule has 1 aromatic rings. The van der Waals surface area contributed by atoms with E-state index < -0.39 is 11.0 Å². The molecule has 1 aromatic carbocycles. The quantitative estimate of drug-likeness (QED) is 0.424. The lowest BCUT2D eigenvalue weighted by atomic mass is 10.2. The molecule has 0 aromatic heterocycles. The van der Waals surface area contributed by atoms with Crippen molar-refractivity contribution in [2.24, 2.45) is 0 Å². The molecule has 0 aliphatic carbocycles. The normalized spacial score (nSPS) is 11.9. The average Bonchev–Trinajstić information content (AvgIpc) is 2.34. The summed E-state index contributed by atoms with van der Waals surface area (Å²) in [4.78, 5) is 10.4. The maximum atomic E-state index is 10.9. The first-order valence-electron chi connectivity index (χ1n) is 5.59. The van der Waals surface area contributed by atoms with Crippen LogP contribution in [0.4, 0.5) is 17.1 Å². The van der Waals surface area contributed by atoms with Gasteiger partial charge in [-0.2, -0.15) is 0 Å². The summed E-state index contributed by atoms with van der Waals surface area (Å²) in [6.45, 7) is 2.12. The van der Waals surface area contributed by atoms with Crippen molar-refractivity contribution in [3.63, 3.8) is 0 Å². The van der Waals surface area contributed by atoms with Crippen molar-refractivity contribution >= 4 is 17.1 Å². The average molecular weight is 255 g/mol. The summed E-state index contributed by atoms with van der Waals surface area (Å²) in [6.07, 6.45) is -0.586. The van der Waals surface area contributed by atoms with Crippen molar-refractivity contribution in [1.29, 1.82) is 0 Å². The summed E-state index contributed by atoms with van der Waals surface area (Å²) in [5, 5.41) is 34.4. The first-order valence-corrected chi connectivity index (χ1v) is 5.59. The highest BCUT2D eigenvalue weighted by Gasteiger charge is 2.14. The van der Waals surface area contributed by atoms with Crippen molar-refractivity contribution in [3.05, 3.63) is 28.3 Å². The van der Waals surface area contributed by atoms with Gasteiger partial charge in [0.2, 0.25) is 0 Å². The van der Waals surface area contributed by atoms with Crippen LogP contribution in [0.1, 0.15) is 6.92 Å². The van der Waals surface area contributed by atoms with Crippen LogP contribution in [-0.2, 0) is 0 Å². The van der Waals surface area contributed by atoms with Crippen LogP contribution < -0.4 is 10.6 Å². The second-order valence-electron chi connectivity index (χ2n) is 3.87. The van der Waals surface area contributed by atoms with Crippen LogP contribution in [0.5, 0.6) is 0 Å². The van der Waals surface area contributed by atoms with E-state index >= 15 is 0 Å². The Labute approximate surface area is 105 Å². The summed E-state index contributed by atoms with van der Waals surface area (Å²) >= 11 is 0. The standard InChI is InChI=1S/C11H17N3O4/c1-8(16)7-13-10-3-2-9(12-4-5-15)6-11(10)14(17)18/h2-3,6,8,12-13,15-16H,4-5,7H2,1H3. The Morgan fingerprint density at radius 3 is 2.72 bits per heavy atom. The van der Waals surface area contributed by atoms with Crippen molar-refractivity contribution in [2.75, 3.05) is 30.3 Å². The number of nitro groups is 1. The second kappa shape index (κ2) is 6.77. The molecule has 100 valence electrons. The lowest BCUT2D eigenvalue weighted by Gasteiger charge is -2.10. The molecule has 4 N–H and O–H groups in total. The third-order valence-corrected chi connectivity index (χ3v) is 2.22. The van der Waals surface area contributed by atoms with Crippen molar-refractivity contribution in [2.45, 2.75) is 13.0 Å². The first kappa shape index (κ1) is 14.2. The molecule has 18 heavy (non-hydrogen) atoms. The molecule has 0 fully saturated rings. The van der Waals surface area contributed by atoms with Gasteiger partial charge < -0.3 is 20.8 Å². The minimum Gasteiger partial charge on any atom is -0.395 e. The number of aliphatic hydroxyl groups excluding tert-OH is 2. The van der Waals surface area contributed by atoms with E-state index in [0.29, 0.717) is 17.9 Å². The number of benzene rings is 1. The van der Waals surface area contributed by atoms with Gasteiger partial charge in [-0.3, -0.25) is 10.1 Å². The molecule has 0 aliphatic heterocycles. The van der Waals surface area contributed by atoms with E-state index in [4.69, 9.17) is 10.2 Å². The zero-order valence-electron chi connectivity index (χ0n) is 10.1. The number of anilines is 2. The fourth-order valence-electron chi connectivity index (χ4n) is 1.40. The van der Waals surface area contributed by atoms with Crippen LogP contribution >= 0.6 is 0 Å². The molecule has 0 heterocycles. The van der Waals surface area contributed by atoms with Gasteiger partial charge in [-0.05, 0) is 19.1 Å². The van der Waals surface area contributed by atoms with Crippen LogP contribution in [0, 0.1) is 10.1 Å². The van der Waals surface area contributed by atoms with Crippen LogP contribution in [0.3, 0.4) is 0 Å². The van der Waals surface area contributed by atoms with Crippen molar-refractivity contribution < 1.29 is 15.1 Å². The zero-order chi connectivity index (χ0) is 13.5. The summed E-state index contributed by atoms with van der Waals surface area (Å²) in [6, 6.07) is 4.63. The Bertz CT molecular complexity index is 409. The van der Waals surface area contributed by atoms with Gasteiger partial charge in [-0.15, -0.1) is 0 Å². The number of rotatable bonds is 7. The lowest BCUT2D eigenvalue weighted by molar-refractivity contribution is -0.383. The molecule has 1 atom stereocenters. The monoisotopic (exact) mass is 255 g/mol. The zero-order valence-corrected chi connectivity index (χ0v) is 10.1. The Morgan fingerprint density at radius 2 is 2.17 bits per heavy atom. The molecular formula is C11H17N3O4. The van der Waals surface area contributed by atoms with Gasteiger partial charge in [0.25, 0.3) is 5.69 Å². The molecule has 0 spiro atoms. The predicted octanol–water partition coefficient (Wildman–Crippen LogP) is 0.792. The minimum absolute atomic E-state index is 0.0458. The Balaban J connectivity index is 2.86. The predicted molar refractivity (Wildman–Crippen MR) is 68.8 cm³/mol. The molecule has 0 aliphatic rings. The van der Waals surface area contributed by atoms with Gasteiger partial charge in [0, 0.05) is 24.8 Å². The Hall–Kier alpha value is -1.86. The largest absolute Gasteiger partial charge is 0.395 e. The number of hydrogen-bond donors (Lipinski definition) is 4. The summed E-state index contributed by atoms with van der Waals surface area (Å²) in [5.74, 6) is 0. The highest BCUT2D eigenvalue weighted by Crippen LogP contribution is 2.27. The molecular weight excluding hydrogens is 238 g/mol. The maximum absolute atomic E-state index is 10.9. The molecule has 7 nitrogen and oxygen atoms in total. The van der Waals surface area contributed by atoms with Crippen LogP contribution in [0.25, 0.3) is 0 Å². The van der Waals surface area contributed by atoms with Crippen LogP contribution in [-0.4, -0.2) is 40.9 Å². The highest BCUT2D eigenvalue weighted by molar-refractivity contribution is 5.67. The fourth-order valence-corrected chi connectivity index (χ4v) is 1.40. The topological polar surface area (TPSA) is 108 Å². The minimum atomic E-state index is -0.586. The van der Waals surface area contributed by atoms with Gasteiger partial charge in [0.1, 0.15) is 5.69 Å². The molecule has 0 bridgehead atoms. The highest BCUT2D eigenvalue weighted by atomic mass is 16.6. The maximum Gasteiger partial charge on any atom is 0.294 e. The van der Waals surface area contributed by atoms with E-state index in [1.54, 1.807) is 19.1 Å². The fraction of sp³-hybridized carbons (Fsp3) is 0.455. The molecule has 0 saturated heterocycles. The van der Waals surface area contributed by atoms with E-state index in [1.165, 1.54) is 6.07 Å². The van der Waals surface area contributed by atoms with Gasteiger partial charge in [-0.1, -0.05) is 0 Å². The van der Waals surface area contributed by atoms with Crippen molar-refractivity contribution in [3.8, 4) is 0 Å². The summed E-state index contributed by atoms with van der Waals surface area (Å²) < 4.78 is 0. The van der Waals surface area contributed by atoms with Gasteiger partial charge in [0.05, 0.1) is 17.6 Å². The molecule has 7 heteroatoms. The third kappa shape index (κ3) is 4.19.